The molecule has 1 aromatic carbocycles. The molecule has 0 radical (unpaired) electrons. The van der Waals surface area contributed by atoms with E-state index in [0.29, 0.717) is 6.54 Å². The van der Waals surface area contributed by atoms with E-state index in [1.807, 2.05) is 0 Å². The zero-order valence-electron chi connectivity index (χ0n) is 9.18. The van der Waals surface area contributed by atoms with Crippen LogP contribution in [0.3, 0.4) is 0 Å². The Bertz CT molecular complexity index is 480. The summed E-state index contributed by atoms with van der Waals surface area (Å²) in [5.74, 6) is -0.262. The lowest BCUT2D eigenvalue weighted by molar-refractivity contribution is -0.111. The summed E-state index contributed by atoms with van der Waals surface area (Å²) in [5.41, 5.74) is 0.862. The fourth-order valence-corrected chi connectivity index (χ4v) is 1.59. The largest absolute Gasteiger partial charge is 0.354 e. The number of ether oxygens (including phenoxy) is 2. The summed E-state index contributed by atoms with van der Waals surface area (Å²) in [6.45, 7) is 0.474. The molecular weight excluding hydrogens is 211 g/mol. The van der Waals surface area contributed by atoms with Crippen LogP contribution in [0.15, 0.2) is 24.4 Å². The molecule has 2 aromatic rings. The van der Waals surface area contributed by atoms with Crippen molar-refractivity contribution in [2.75, 3.05) is 14.2 Å². The van der Waals surface area contributed by atoms with Gasteiger partial charge in [-0.2, -0.15) is 5.10 Å². The molecule has 0 saturated carbocycles. The number of hydrogen-bond donors (Lipinski definition) is 0. The number of rotatable bonds is 4. The van der Waals surface area contributed by atoms with Crippen molar-refractivity contribution in [1.29, 1.82) is 0 Å². The normalized spacial score (nSPS) is 11.5. The van der Waals surface area contributed by atoms with Gasteiger partial charge in [0.25, 0.3) is 0 Å². The first-order valence-electron chi connectivity index (χ1n) is 4.91. The Labute approximate surface area is 92.6 Å². The Balaban J connectivity index is 2.31. The van der Waals surface area contributed by atoms with Crippen LogP contribution in [0.5, 0.6) is 0 Å². The third kappa shape index (κ3) is 2.05. The Morgan fingerprint density at radius 1 is 1.38 bits per heavy atom. The molecule has 0 aliphatic carbocycles. The lowest BCUT2D eigenvalue weighted by Gasteiger charge is -2.13. The second-order valence-electron chi connectivity index (χ2n) is 3.43. The van der Waals surface area contributed by atoms with Crippen LogP contribution < -0.4 is 0 Å². The van der Waals surface area contributed by atoms with Gasteiger partial charge in [-0.1, -0.05) is 0 Å². The van der Waals surface area contributed by atoms with Crippen molar-refractivity contribution in [2.45, 2.75) is 12.8 Å². The van der Waals surface area contributed by atoms with Gasteiger partial charge in [-0.15, -0.1) is 0 Å². The number of hydrogen-bond acceptors (Lipinski definition) is 3. The predicted octanol–water partition coefficient (Wildman–Crippen LogP) is 1.79. The molecular formula is C11H13FN2O2. The monoisotopic (exact) mass is 224 g/mol. The maximum Gasteiger partial charge on any atom is 0.176 e. The van der Waals surface area contributed by atoms with Crippen molar-refractivity contribution in [3.8, 4) is 0 Å². The quantitative estimate of drug-likeness (QED) is 0.743. The Hall–Kier alpha value is -1.46. The summed E-state index contributed by atoms with van der Waals surface area (Å²) < 4.78 is 24.9. The number of fused-ring (bicyclic) bond motifs is 1. The molecule has 5 heteroatoms. The second-order valence-corrected chi connectivity index (χ2v) is 3.43. The average Bonchev–Trinajstić information content (AvgIpc) is 2.68. The van der Waals surface area contributed by atoms with Gasteiger partial charge in [0.1, 0.15) is 5.82 Å². The van der Waals surface area contributed by atoms with Gasteiger partial charge < -0.3 is 9.47 Å². The molecule has 0 atom stereocenters. The fraction of sp³-hybridized carbons (Fsp3) is 0.364. The van der Waals surface area contributed by atoms with Gasteiger partial charge in [0.05, 0.1) is 18.3 Å². The SMILES string of the molecule is COC(Cn1ncc2cc(F)ccc21)OC. The molecule has 1 heterocycles. The molecule has 0 amide bonds. The van der Waals surface area contributed by atoms with E-state index in [9.17, 15) is 4.39 Å². The highest BCUT2D eigenvalue weighted by Crippen LogP contribution is 2.15. The molecule has 0 bridgehead atoms. The van der Waals surface area contributed by atoms with E-state index in [4.69, 9.17) is 9.47 Å². The number of aromatic nitrogens is 2. The third-order valence-electron chi connectivity index (χ3n) is 2.45. The van der Waals surface area contributed by atoms with Gasteiger partial charge in [-0.3, -0.25) is 4.68 Å². The van der Waals surface area contributed by atoms with Crippen molar-refractivity contribution in [2.24, 2.45) is 0 Å². The first-order valence-corrected chi connectivity index (χ1v) is 4.91. The minimum Gasteiger partial charge on any atom is -0.354 e. The Morgan fingerprint density at radius 2 is 2.12 bits per heavy atom. The number of halogens is 1. The molecule has 0 spiro atoms. The molecule has 0 aliphatic rings. The van der Waals surface area contributed by atoms with Crippen molar-refractivity contribution < 1.29 is 13.9 Å². The van der Waals surface area contributed by atoms with E-state index in [1.165, 1.54) is 12.1 Å². The van der Waals surface area contributed by atoms with E-state index in [0.717, 1.165) is 10.9 Å². The first kappa shape index (κ1) is 11.0. The van der Waals surface area contributed by atoms with Crippen LogP contribution in [-0.4, -0.2) is 30.3 Å². The minimum absolute atomic E-state index is 0.262. The predicted molar refractivity (Wildman–Crippen MR) is 57.5 cm³/mol. The molecule has 86 valence electrons. The topological polar surface area (TPSA) is 36.3 Å². The molecule has 0 N–H and O–H groups in total. The maximum atomic E-state index is 13.0. The minimum atomic E-state index is -0.354. The molecule has 2 rings (SSSR count). The van der Waals surface area contributed by atoms with E-state index >= 15 is 0 Å². The summed E-state index contributed by atoms with van der Waals surface area (Å²) in [4.78, 5) is 0. The van der Waals surface area contributed by atoms with Gasteiger partial charge in [0.15, 0.2) is 6.29 Å². The van der Waals surface area contributed by atoms with Crippen molar-refractivity contribution in [3.05, 3.63) is 30.2 Å². The molecule has 0 fully saturated rings. The second kappa shape index (κ2) is 4.59. The molecule has 1 aromatic heterocycles. The lowest BCUT2D eigenvalue weighted by atomic mass is 10.2. The first-order chi connectivity index (χ1) is 7.74. The van der Waals surface area contributed by atoms with Crippen molar-refractivity contribution >= 4 is 10.9 Å². The van der Waals surface area contributed by atoms with Gasteiger partial charge in [-0.25, -0.2) is 4.39 Å². The summed E-state index contributed by atoms with van der Waals surface area (Å²) in [6.07, 6.45) is 1.27. The lowest BCUT2D eigenvalue weighted by Crippen LogP contribution is -2.21. The number of benzene rings is 1. The van der Waals surface area contributed by atoms with E-state index < -0.39 is 0 Å². The molecule has 0 aliphatic heterocycles. The molecule has 0 saturated heterocycles. The Morgan fingerprint density at radius 3 is 2.81 bits per heavy atom. The van der Waals surface area contributed by atoms with Crippen LogP contribution >= 0.6 is 0 Å². The van der Waals surface area contributed by atoms with Crippen LogP contribution in [0.1, 0.15) is 0 Å². The van der Waals surface area contributed by atoms with Crippen LogP contribution in [0, 0.1) is 5.82 Å². The zero-order chi connectivity index (χ0) is 11.5. The van der Waals surface area contributed by atoms with E-state index in [2.05, 4.69) is 5.10 Å². The maximum absolute atomic E-state index is 13.0. The van der Waals surface area contributed by atoms with Gasteiger partial charge >= 0.3 is 0 Å². The highest BCUT2D eigenvalue weighted by Gasteiger charge is 2.10. The van der Waals surface area contributed by atoms with Gasteiger partial charge in [0.2, 0.25) is 0 Å². The summed E-state index contributed by atoms with van der Waals surface area (Å²) in [5, 5.41) is 4.93. The number of nitrogens with zero attached hydrogens (tertiary/aromatic N) is 2. The van der Waals surface area contributed by atoms with Crippen LogP contribution in [-0.2, 0) is 16.0 Å². The highest BCUT2D eigenvalue weighted by atomic mass is 19.1. The van der Waals surface area contributed by atoms with E-state index in [1.54, 1.807) is 31.2 Å². The molecule has 0 unspecified atom stereocenters. The standard InChI is InChI=1S/C11H13FN2O2/c1-15-11(16-2)7-14-10-4-3-9(12)5-8(10)6-13-14/h3-6,11H,7H2,1-2H3. The number of methoxy groups -OCH3 is 2. The van der Waals surface area contributed by atoms with Crippen LogP contribution in [0.2, 0.25) is 0 Å². The summed E-state index contributed by atoms with van der Waals surface area (Å²) >= 11 is 0. The van der Waals surface area contributed by atoms with Gasteiger partial charge in [-0.05, 0) is 18.2 Å². The van der Waals surface area contributed by atoms with Gasteiger partial charge in [0, 0.05) is 19.6 Å². The Kier molecular flexibility index (Phi) is 3.17. The molecule has 4 nitrogen and oxygen atoms in total. The fourth-order valence-electron chi connectivity index (χ4n) is 1.59. The van der Waals surface area contributed by atoms with Crippen molar-refractivity contribution in [1.82, 2.24) is 9.78 Å². The zero-order valence-corrected chi connectivity index (χ0v) is 9.18. The average molecular weight is 224 g/mol. The van der Waals surface area contributed by atoms with Crippen LogP contribution in [0.25, 0.3) is 10.9 Å². The van der Waals surface area contributed by atoms with Crippen molar-refractivity contribution in [3.63, 3.8) is 0 Å². The van der Waals surface area contributed by atoms with E-state index in [-0.39, 0.29) is 12.1 Å². The summed E-state index contributed by atoms with van der Waals surface area (Å²) in [6, 6.07) is 4.56. The smallest absolute Gasteiger partial charge is 0.176 e. The summed E-state index contributed by atoms with van der Waals surface area (Å²) in [7, 11) is 3.14. The van der Waals surface area contributed by atoms with Crippen LogP contribution in [0.4, 0.5) is 4.39 Å². The molecule has 16 heavy (non-hydrogen) atoms. The third-order valence-corrected chi connectivity index (χ3v) is 2.45. The highest BCUT2D eigenvalue weighted by molar-refractivity contribution is 5.78.